The number of methoxy groups -OCH3 is 2. The number of nitrogens with one attached hydrogen (secondary N) is 1. The van der Waals surface area contributed by atoms with Gasteiger partial charge in [0.15, 0.2) is 4.75 Å². The summed E-state index contributed by atoms with van der Waals surface area (Å²) in [7, 11) is -0.883. The van der Waals surface area contributed by atoms with Gasteiger partial charge in [-0.25, -0.2) is 8.42 Å². The molecule has 1 aliphatic rings. The van der Waals surface area contributed by atoms with E-state index in [0.717, 1.165) is 0 Å². The fourth-order valence-electron chi connectivity index (χ4n) is 3.06. The summed E-state index contributed by atoms with van der Waals surface area (Å²) >= 11 is 0. The Balaban J connectivity index is 1.89. The molecule has 3 rings (SSSR count). The molecule has 0 spiro atoms. The number of rotatable bonds is 5. The van der Waals surface area contributed by atoms with Crippen LogP contribution in [0, 0.1) is 0 Å². The van der Waals surface area contributed by atoms with Gasteiger partial charge in [-0.1, -0.05) is 18.2 Å². The van der Waals surface area contributed by atoms with Crippen molar-refractivity contribution in [3.05, 3.63) is 48.5 Å². The van der Waals surface area contributed by atoms with Gasteiger partial charge >= 0.3 is 0 Å². The molecule has 0 aliphatic carbocycles. The average molecular weight is 390 g/mol. The Hall–Kier alpha value is -2.74. The zero-order chi connectivity index (χ0) is 19.7. The van der Waals surface area contributed by atoms with E-state index in [2.05, 4.69) is 5.32 Å². The highest BCUT2D eigenvalue weighted by molar-refractivity contribution is 7.95. The van der Waals surface area contributed by atoms with Crippen molar-refractivity contribution in [2.45, 2.75) is 18.1 Å². The molecule has 1 atom stereocenters. The first kappa shape index (κ1) is 19.0. The lowest BCUT2D eigenvalue weighted by Gasteiger charge is -2.25. The number of benzene rings is 2. The quantitative estimate of drug-likeness (QED) is 0.848. The first-order valence-electron chi connectivity index (χ1n) is 8.44. The molecule has 0 saturated carbocycles. The van der Waals surface area contributed by atoms with Crippen LogP contribution in [0.15, 0.2) is 48.5 Å². The van der Waals surface area contributed by atoms with Crippen LogP contribution < -0.4 is 19.1 Å². The molecule has 0 bridgehead atoms. The monoisotopic (exact) mass is 390 g/mol. The molecule has 27 heavy (non-hydrogen) atoms. The number of hydrogen-bond donors (Lipinski definition) is 1. The van der Waals surface area contributed by atoms with Gasteiger partial charge in [0.05, 0.1) is 25.6 Å². The number of para-hydroxylation sites is 1. The second-order valence-corrected chi connectivity index (χ2v) is 8.71. The first-order chi connectivity index (χ1) is 12.8. The predicted octanol–water partition coefficient (Wildman–Crippen LogP) is 2.64. The van der Waals surface area contributed by atoms with Gasteiger partial charge in [0.25, 0.3) is 0 Å². The highest BCUT2D eigenvalue weighted by Gasteiger charge is 2.54. The van der Waals surface area contributed by atoms with Crippen LogP contribution in [0.25, 0.3) is 0 Å². The summed E-state index contributed by atoms with van der Waals surface area (Å²) in [4.78, 5) is 12.9. The highest BCUT2D eigenvalue weighted by atomic mass is 32.2. The third-order valence-electron chi connectivity index (χ3n) is 4.83. The Morgan fingerprint density at radius 1 is 1.11 bits per heavy atom. The van der Waals surface area contributed by atoms with Crippen LogP contribution >= 0.6 is 0 Å². The number of anilines is 2. The third kappa shape index (κ3) is 3.21. The van der Waals surface area contributed by atoms with Crippen LogP contribution in [-0.4, -0.2) is 39.8 Å². The minimum atomic E-state index is -3.88. The van der Waals surface area contributed by atoms with E-state index in [9.17, 15) is 13.2 Å². The van der Waals surface area contributed by atoms with Gasteiger partial charge in [0.2, 0.25) is 15.9 Å². The Morgan fingerprint density at radius 3 is 2.44 bits per heavy atom. The van der Waals surface area contributed by atoms with Gasteiger partial charge in [0.1, 0.15) is 11.5 Å². The second-order valence-electron chi connectivity index (χ2n) is 6.41. The van der Waals surface area contributed by atoms with E-state index in [1.165, 1.54) is 25.4 Å². The van der Waals surface area contributed by atoms with Gasteiger partial charge in [-0.15, -0.1) is 0 Å². The summed E-state index contributed by atoms with van der Waals surface area (Å²) < 4.78 is 36.4. The number of amides is 1. The molecule has 1 fully saturated rings. The van der Waals surface area contributed by atoms with Crippen LogP contribution in [0.5, 0.6) is 11.5 Å². The largest absolute Gasteiger partial charge is 0.497 e. The smallest absolute Gasteiger partial charge is 0.249 e. The summed E-state index contributed by atoms with van der Waals surface area (Å²) in [5.41, 5.74) is 0.939. The lowest BCUT2D eigenvalue weighted by atomic mass is 10.1. The Morgan fingerprint density at radius 2 is 1.81 bits per heavy atom. The van der Waals surface area contributed by atoms with Crippen molar-refractivity contribution >= 4 is 27.3 Å². The van der Waals surface area contributed by atoms with Crippen LogP contribution in [0.3, 0.4) is 0 Å². The molecule has 0 radical (unpaired) electrons. The molecule has 2 aromatic rings. The minimum Gasteiger partial charge on any atom is -0.497 e. The highest BCUT2D eigenvalue weighted by Crippen LogP contribution is 2.38. The van der Waals surface area contributed by atoms with Gasteiger partial charge in [-0.05, 0) is 37.6 Å². The van der Waals surface area contributed by atoms with Crippen molar-refractivity contribution in [2.75, 3.05) is 30.4 Å². The van der Waals surface area contributed by atoms with E-state index in [1.54, 1.807) is 42.5 Å². The molecule has 1 saturated heterocycles. The van der Waals surface area contributed by atoms with Gasteiger partial charge in [-0.3, -0.25) is 9.10 Å². The van der Waals surface area contributed by atoms with Gasteiger partial charge < -0.3 is 14.8 Å². The molecule has 1 amide bonds. The summed E-state index contributed by atoms with van der Waals surface area (Å²) in [5, 5.41) is 2.70. The Bertz CT molecular complexity index is 946. The van der Waals surface area contributed by atoms with Crippen molar-refractivity contribution in [1.29, 1.82) is 0 Å². The molecule has 8 heteroatoms. The van der Waals surface area contributed by atoms with Crippen molar-refractivity contribution in [3.8, 4) is 11.5 Å². The molecular formula is C19H22N2O5S. The fraction of sp³-hybridized carbons (Fsp3) is 0.316. The lowest BCUT2D eigenvalue weighted by Crippen LogP contribution is -2.47. The van der Waals surface area contributed by atoms with Crippen LogP contribution in [0.2, 0.25) is 0 Å². The van der Waals surface area contributed by atoms with E-state index in [0.29, 0.717) is 22.9 Å². The number of sulfonamides is 1. The molecular weight excluding hydrogens is 368 g/mol. The Kier molecular flexibility index (Phi) is 5.01. The molecule has 0 unspecified atom stereocenters. The maximum Gasteiger partial charge on any atom is 0.249 e. The number of carbonyl (C=O) groups is 1. The van der Waals surface area contributed by atoms with Gasteiger partial charge in [0, 0.05) is 12.6 Å². The van der Waals surface area contributed by atoms with Gasteiger partial charge in [-0.2, -0.15) is 0 Å². The summed E-state index contributed by atoms with van der Waals surface area (Å²) in [6.45, 7) is 1.70. The number of carbonyl (C=O) groups excluding carboxylic acids is 1. The van der Waals surface area contributed by atoms with Crippen LogP contribution in [0.4, 0.5) is 11.4 Å². The molecule has 2 aromatic carbocycles. The third-order valence-corrected chi connectivity index (χ3v) is 7.33. The maximum absolute atomic E-state index is 13.1. The predicted molar refractivity (Wildman–Crippen MR) is 104 cm³/mol. The zero-order valence-electron chi connectivity index (χ0n) is 15.4. The maximum atomic E-state index is 13.1. The van der Waals surface area contributed by atoms with E-state index in [4.69, 9.17) is 9.47 Å². The van der Waals surface area contributed by atoms with E-state index < -0.39 is 20.7 Å². The summed E-state index contributed by atoms with van der Waals surface area (Å²) in [5.74, 6) is 0.366. The molecule has 1 N–H and O–H groups in total. The summed E-state index contributed by atoms with van der Waals surface area (Å²) in [6.07, 6.45) is 0.189. The molecule has 7 nitrogen and oxygen atoms in total. The standard InChI is InChI=1S/C19H22N2O5S/c1-19(11-12-21(27(19,23)24)14-7-5-4-6-8-14)18(22)20-16-10-9-15(25-2)13-17(16)26-3/h4-10,13H,11-12H2,1-3H3,(H,20,22)/t19-/m0/s1. The fourth-order valence-corrected chi connectivity index (χ4v) is 4.91. The SMILES string of the molecule is COc1ccc(NC(=O)[C@]2(C)CCN(c3ccccc3)S2(=O)=O)c(OC)c1. The second kappa shape index (κ2) is 7.11. The topological polar surface area (TPSA) is 84.9 Å². The van der Waals surface area contributed by atoms with E-state index >= 15 is 0 Å². The van der Waals surface area contributed by atoms with Crippen LogP contribution in [0.1, 0.15) is 13.3 Å². The first-order valence-corrected chi connectivity index (χ1v) is 9.88. The zero-order valence-corrected chi connectivity index (χ0v) is 16.2. The minimum absolute atomic E-state index is 0.189. The summed E-state index contributed by atoms with van der Waals surface area (Å²) in [6, 6.07) is 13.7. The normalized spacial score (nSPS) is 20.9. The average Bonchev–Trinajstić information content (AvgIpc) is 2.93. The molecule has 1 aliphatic heterocycles. The van der Waals surface area contributed by atoms with Crippen molar-refractivity contribution < 1.29 is 22.7 Å². The number of nitrogens with zero attached hydrogens (tertiary/aromatic N) is 1. The molecule has 144 valence electrons. The van der Waals surface area contributed by atoms with Crippen molar-refractivity contribution in [1.82, 2.24) is 0 Å². The lowest BCUT2D eigenvalue weighted by molar-refractivity contribution is -0.118. The molecule has 0 aromatic heterocycles. The van der Waals surface area contributed by atoms with Crippen LogP contribution in [-0.2, 0) is 14.8 Å². The number of hydrogen-bond acceptors (Lipinski definition) is 5. The van der Waals surface area contributed by atoms with Crippen molar-refractivity contribution in [2.24, 2.45) is 0 Å². The van der Waals surface area contributed by atoms with E-state index in [-0.39, 0.29) is 13.0 Å². The Labute approximate surface area is 158 Å². The van der Waals surface area contributed by atoms with E-state index in [1.807, 2.05) is 6.07 Å². The van der Waals surface area contributed by atoms with Crippen molar-refractivity contribution in [3.63, 3.8) is 0 Å². The molecule has 1 heterocycles. The number of ether oxygens (including phenoxy) is 2.